The summed E-state index contributed by atoms with van der Waals surface area (Å²) in [6.07, 6.45) is 1.76. The fraction of sp³-hybridized carbons (Fsp3) is 0.917. The van der Waals surface area contributed by atoms with Gasteiger partial charge in [0, 0.05) is 25.3 Å². The van der Waals surface area contributed by atoms with Crippen LogP contribution >= 0.6 is 0 Å². The lowest BCUT2D eigenvalue weighted by Gasteiger charge is -2.20. The van der Waals surface area contributed by atoms with E-state index >= 15 is 0 Å². The average molecular weight is 246 g/mol. The second kappa shape index (κ2) is 9.39. The van der Waals surface area contributed by atoms with Crippen LogP contribution in [0, 0.1) is 0 Å². The number of ether oxygens (including phenoxy) is 1. The van der Waals surface area contributed by atoms with Crippen molar-refractivity contribution in [3.05, 3.63) is 0 Å². The Balaban J connectivity index is 3.12. The van der Waals surface area contributed by atoms with Crippen molar-refractivity contribution < 1.29 is 14.6 Å². The van der Waals surface area contributed by atoms with Gasteiger partial charge in [0.25, 0.3) is 0 Å². The van der Waals surface area contributed by atoms with Crippen LogP contribution in [-0.2, 0) is 9.53 Å². The van der Waals surface area contributed by atoms with E-state index in [-0.39, 0.29) is 11.4 Å². The average Bonchev–Trinajstić information content (AvgIpc) is 2.25. The molecule has 0 aliphatic rings. The van der Waals surface area contributed by atoms with E-state index < -0.39 is 6.61 Å². The van der Waals surface area contributed by atoms with Gasteiger partial charge in [-0.15, -0.1) is 0 Å². The Bertz CT molecular complexity index is 202. The van der Waals surface area contributed by atoms with Gasteiger partial charge < -0.3 is 20.5 Å². The molecule has 1 amide bonds. The number of nitrogens with one attached hydrogen (secondary N) is 2. The van der Waals surface area contributed by atoms with E-state index in [0.717, 1.165) is 26.0 Å². The topological polar surface area (TPSA) is 70.6 Å². The molecule has 0 saturated heterocycles. The minimum absolute atomic E-state index is 0.161. The largest absolute Gasteiger partial charge is 0.387 e. The van der Waals surface area contributed by atoms with E-state index in [1.54, 1.807) is 0 Å². The first-order valence-electron chi connectivity index (χ1n) is 6.16. The van der Waals surface area contributed by atoms with Crippen LogP contribution in [-0.4, -0.2) is 49.5 Å². The van der Waals surface area contributed by atoms with Crippen molar-refractivity contribution in [3.8, 4) is 0 Å². The molecule has 0 heterocycles. The van der Waals surface area contributed by atoms with Crippen LogP contribution in [0.4, 0.5) is 0 Å². The molecule has 0 aromatic carbocycles. The summed E-state index contributed by atoms with van der Waals surface area (Å²) in [7, 11) is 0. The Morgan fingerprint density at radius 1 is 1.18 bits per heavy atom. The number of amides is 1. The molecule has 0 bridgehead atoms. The Kier molecular flexibility index (Phi) is 9.03. The molecule has 0 aromatic heterocycles. The molecule has 5 nitrogen and oxygen atoms in total. The molecular formula is C12H26N2O3. The number of rotatable bonds is 9. The molecule has 17 heavy (non-hydrogen) atoms. The summed E-state index contributed by atoms with van der Waals surface area (Å²) in [5.74, 6) is -0.334. The highest BCUT2D eigenvalue weighted by Gasteiger charge is 2.06. The first-order valence-corrected chi connectivity index (χ1v) is 6.16. The maximum atomic E-state index is 10.7. The summed E-state index contributed by atoms with van der Waals surface area (Å²) >= 11 is 0. The summed E-state index contributed by atoms with van der Waals surface area (Å²) in [5.41, 5.74) is 0.161. The van der Waals surface area contributed by atoms with Crippen molar-refractivity contribution in [1.82, 2.24) is 10.6 Å². The Morgan fingerprint density at radius 2 is 1.76 bits per heavy atom. The van der Waals surface area contributed by atoms with Crippen LogP contribution in [0.3, 0.4) is 0 Å². The Morgan fingerprint density at radius 3 is 2.29 bits per heavy atom. The van der Waals surface area contributed by atoms with Crippen LogP contribution in [0.2, 0.25) is 0 Å². The van der Waals surface area contributed by atoms with Gasteiger partial charge in [-0.2, -0.15) is 0 Å². The fourth-order valence-corrected chi connectivity index (χ4v) is 1.20. The van der Waals surface area contributed by atoms with Crippen LogP contribution in [0.1, 0.15) is 33.6 Å². The molecule has 5 heteroatoms. The lowest BCUT2D eigenvalue weighted by Crippen LogP contribution is -2.36. The molecule has 0 unspecified atom stereocenters. The molecule has 0 saturated carbocycles. The van der Waals surface area contributed by atoms with E-state index in [1.807, 2.05) is 0 Å². The zero-order valence-electron chi connectivity index (χ0n) is 11.2. The molecule has 0 fully saturated rings. The summed E-state index contributed by atoms with van der Waals surface area (Å²) < 4.78 is 5.41. The predicted molar refractivity (Wildman–Crippen MR) is 67.9 cm³/mol. The first kappa shape index (κ1) is 16.4. The van der Waals surface area contributed by atoms with Crippen molar-refractivity contribution in [2.24, 2.45) is 0 Å². The highest BCUT2D eigenvalue weighted by Crippen LogP contribution is 1.97. The van der Waals surface area contributed by atoms with Crippen molar-refractivity contribution >= 4 is 5.91 Å². The first-order chi connectivity index (χ1) is 7.95. The minimum Gasteiger partial charge on any atom is -0.387 e. The van der Waals surface area contributed by atoms with Gasteiger partial charge in [0.2, 0.25) is 5.91 Å². The van der Waals surface area contributed by atoms with Gasteiger partial charge in [0.1, 0.15) is 6.61 Å². The molecule has 0 atom stereocenters. The summed E-state index contributed by atoms with van der Waals surface area (Å²) in [4.78, 5) is 10.7. The fourth-order valence-electron chi connectivity index (χ4n) is 1.20. The molecule has 0 rings (SSSR count). The molecule has 0 aromatic rings. The van der Waals surface area contributed by atoms with Gasteiger partial charge >= 0.3 is 0 Å². The van der Waals surface area contributed by atoms with Crippen molar-refractivity contribution in [2.75, 3.05) is 32.9 Å². The predicted octanol–water partition coefficient (Wildman–Crippen LogP) is 0.280. The zero-order chi connectivity index (χ0) is 13.1. The molecule has 0 aliphatic heterocycles. The number of hydrogen-bond acceptors (Lipinski definition) is 4. The van der Waals surface area contributed by atoms with Gasteiger partial charge in [-0.25, -0.2) is 0 Å². The molecule has 3 N–H and O–H groups in total. The van der Waals surface area contributed by atoms with Crippen molar-refractivity contribution in [3.63, 3.8) is 0 Å². The lowest BCUT2D eigenvalue weighted by molar-refractivity contribution is -0.123. The number of aliphatic hydroxyl groups is 1. The van der Waals surface area contributed by atoms with Crippen molar-refractivity contribution in [1.29, 1.82) is 0 Å². The highest BCUT2D eigenvalue weighted by atomic mass is 16.5. The normalized spacial score (nSPS) is 11.5. The van der Waals surface area contributed by atoms with Crippen LogP contribution in [0.15, 0.2) is 0 Å². The number of aliphatic hydroxyl groups excluding tert-OH is 1. The third-order valence-electron chi connectivity index (χ3n) is 2.05. The maximum absolute atomic E-state index is 10.7. The Hall–Kier alpha value is -0.650. The van der Waals surface area contributed by atoms with Gasteiger partial charge in [-0.05, 0) is 40.2 Å². The molecule has 0 spiro atoms. The molecule has 0 radical (unpaired) electrons. The lowest BCUT2D eigenvalue weighted by atomic mass is 10.1. The zero-order valence-corrected chi connectivity index (χ0v) is 11.2. The highest BCUT2D eigenvalue weighted by molar-refractivity contribution is 5.76. The van der Waals surface area contributed by atoms with E-state index in [4.69, 9.17) is 9.84 Å². The molecular weight excluding hydrogens is 220 g/mol. The summed E-state index contributed by atoms with van der Waals surface area (Å²) in [6.45, 7) is 8.84. The SMILES string of the molecule is CC(C)(C)NCCCOCCCNC(=O)CO. The molecule has 102 valence electrons. The second-order valence-corrected chi connectivity index (χ2v) is 5.00. The van der Waals surface area contributed by atoms with Crippen LogP contribution in [0.25, 0.3) is 0 Å². The number of hydrogen-bond donors (Lipinski definition) is 3. The van der Waals surface area contributed by atoms with E-state index in [2.05, 4.69) is 31.4 Å². The van der Waals surface area contributed by atoms with Crippen molar-refractivity contribution in [2.45, 2.75) is 39.2 Å². The minimum atomic E-state index is -0.445. The smallest absolute Gasteiger partial charge is 0.245 e. The monoisotopic (exact) mass is 246 g/mol. The summed E-state index contributed by atoms with van der Waals surface area (Å²) in [6, 6.07) is 0. The van der Waals surface area contributed by atoms with Gasteiger partial charge in [-0.1, -0.05) is 0 Å². The summed E-state index contributed by atoms with van der Waals surface area (Å²) in [5, 5.41) is 14.4. The number of carbonyl (C=O) groups excluding carboxylic acids is 1. The van der Waals surface area contributed by atoms with E-state index in [0.29, 0.717) is 13.2 Å². The van der Waals surface area contributed by atoms with E-state index in [1.165, 1.54) is 0 Å². The Labute approximate surface area is 104 Å². The van der Waals surface area contributed by atoms with Crippen LogP contribution in [0.5, 0.6) is 0 Å². The maximum Gasteiger partial charge on any atom is 0.245 e. The quantitative estimate of drug-likeness (QED) is 0.511. The van der Waals surface area contributed by atoms with Gasteiger partial charge in [-0.3, -0.25) is 4.79 Å². The second-order valence-electron chi connectivity index (χ2n) is 5.00. The van der Waals surface area contributed by atoms with Gasteiger partial charge in [0.05, 0.1) is 0 Å². The number of carbonyl (C=O) groups is 1. The van der Waals surface area contributed by atoms with E-state index in [9.17, 15) is 4.79 Å². The molecule has 0 aliphatic carbocycles. The van der Waals surface area contributed by atoms with Crippen LogP contribution < -0.4 is 10.6 Å². The van der Waals surface area contributed by atoms with Gasteiger partial charge in [0.15, 0.2) is 0 Å². The standard InChI is InChI=1S/C12H26N2O3/c1-12(2,3)14-7-5-9-17-8-4-6-13-11(16)10-15/h14-15H,4-10H2,1-3H3,(H,13,16). The third-order valence-corrected chi connectivity index (χ3v) is 2.05. The third kappa shape index (κ3) is 13.3.